The number of aromatic amines is 1. The van der Waals surface area contributed by atoms with Gasteiger partial charge in [0, 0.05) is 30.1 Å². The summed E-state index contributed by atoms with van der Waals surface area (Å²) in [6, 6.07) is 5.96. The summed E-state index contributed by atoms with van der Waals surface area (Å²) in [5.41, 5.74) is 2.30. The van der Waals surface area contributed by atoms with Gasteiger partial charge < -0.3 is 23.5 Å². The van der Waals surface area contributed by atoms with E-state index in [2.05, 4.69) is 28.4 Å². The van der Waals surface area contributed by atoms with Crippen LogP contribution in [0.2, 0.25) is 0 Å². The largest absolute Gasteiger partial charge is 0.518 e. The highest BCUT2D eigenvalue weighted by Gasteiger charge is 2.10. The van der Waals surface area contributed by atoms with Crippen LogP contribution in [0.25, 0.3) is 10.9 Å². The Hall–Kier alpha value is -2.47. The van der Waals surface area contributed by atoms with Gasteiger partial charge in [-0.15, -0.1) is 0 Å². The van der Waals surface area contributed by atoms with Crippen LogP contribution in [0.1, 0.15) is 11.3 Å². The van der Waals surface area contributed by atoms with Crippen molar-refractivity contribution in [3.05, 3.63) is 52.6 Å². The van der Waals surface area contributed by atoms with Gasteiger partial charge in [0.2, 0.25) is 0 Å². The van der Waals surface area contributed by atoms with Crippen LogP contribution in [0, 0.1) is 0 Å². The first-order valence-corrected chi connectivity index (χ1v) is 7.57. The molecule has 3 aromatic rings. The molecule has 23 heavy (non-hydrogen) atoms. The Morgan fingerprint density at radius 3 is 2.87 bits per heavy atom. The zero-order chi connectivity index (χ0) is 16.2. The Labute approximate surface area is 133 Å². The summed E-state index contributed by atoms with van der Waals surface area (Å²) in [5, 5.41) is 1.11. The molecule has 0 bridgehead atoms. The molecular formula is C17H20N2O4. The third-order valence-electron chi connectivity index (χ3n) is 3.68. The standard InChI is InChI=1S/C17H20N2O4/c1-19(2)8-6-12-10-18-14-4-3-5-15(16(12)14)21-9-7-13-11-22-17(20)23-13/h3-5,10-11,18H,6-9H2,1-2H3. The maximum absolute atomic E-state index is 10.9. The molecule has 0 fully saturated rings. The average Bonchev–Trinajstić information content (AvgIpc) is 3.12. The molecule has 6 nitrogen and oxygen atoms in total. The third-order valence-corrected chi connectivity index (χ3v) is 3.68. The summed E-state index contributed by atoms with van der Waals surface area (Å²) >= 11 is 0. The lowest BCUT2D eigenvalue weighted by molar-refractivity contribution is 0.306. The van der Waals surface area contributed by atoms with E-state index in [0.29, 0.717) is 18.8 Å². The first kappa shape index (κ1) is 15.4. The fourth-order valence-corrected chi connectivity index (χ4v) is 2.52. The predicted molar refractivity (Wildman–Crippen MR) is 87.0 cm³/mol. The first-order chi connectivity index (χ1) is 11.1. The highest BCUT2D eigenvalue weighted by atomic mass is 16.6. The minimum atomic E-state index is -0.682. The highest BCUT2D eigenvalue weighted by molar-refractivity contribution is 5.89. The molecule has 0 aliphatic rings. The lowest BCUT2D eigenvalue weighted by Gasteiger charge is -2.11. The second-order valence-corrected chi connectivity index (χ2v) is 5.70. The zero-order valence-electron chi connectivity index (χ0n) is 13.3. The molecule has 6 heteroatoms. The van der Waals surface area contributed by atoms with Crippen molar-refractivity contribution < 1.29 is 13.6 Å². The van der Waals surface area contributed by atoms with Crippen molar-refractivity contribution in [1.82, 2.24) is 9.88 Å². The number of hydrogen-bond acceptors (Lipinski definition) is 5. The van der Waals surface area contributed by atoms with E-state index in [1.807, 2.05) is 24.4 Å². The molecule has 0 saturated heterocycles. The van der Waals surface area contributed by atoms with Crippen LogP contribution in [0.5, 0.6) is 5.75 Å². The molecule has 0 atom stereocenters. The van der Waals surface area contributed by atoms with Crippen LogP contribution in [0.4, 0.5) is 0 Å². The fourth-order valence-electron chi connectivity index (χ4n) is 2.52. The summed E-state index contributed by atoms with van der Waals surface area (Å²) < 4.78 is 15.4. The minimum absolute atomic E-state index is 0.417. The number of aromatic nitrogens is 1. The summed E-state index contributed by atoms with van der Waals surface area (Å²) in [4.78, 5) is 16.3. The maximum atomic E-state index is 10.9. The number of likely N-dealkylation sites (N-methyl/N-ethyl adjacent to an activating group) is 1. The normalized spacial score (nSPS) is 11.4. The van der Waals surface area contributed by atoms with Gasteiger partial charge in [0.15, 0.2) is 0 Å². The van der Waals surface area contributed by atoms with Crippen LogP contribution < -0.4 is 10.6 Å². The van der Waals surface area contributed by atoms with Gasteiger partial charge in [-0.1, -0.05) is 6.07 Å². The van der Waals surface area contributed by atoms with Crippen molar-refractivity contribution in [3.8, 4) is 5.75 Å². The van der Waals surface area contributed by atoms with Crippen LogP contribution in [0.3, 0.4) is 0 Å². The first-order valence-electron chi connectivity index (χ1n) is 7.57. The van der Waals surface area contributed by atoms with Crippen LogP contribution in [-0.4, -0.2) is 37.1 Å². The van der Waals surface area contributed by atoms with Crippen molar-refractivity contribution in [2.75, 3.05) is 27.2 Å². The Morgan fingerprint density at radius 2 is 2.13 bits per heavy atom. The zero-order valence-corrected chi connectivity index (χ0v) is 13.3. The Morgan fingerprint density at radius 1 is 1.26 bits per heavy atom. The van der Waals surface area contributed by atoms with Crippen molar-refractivity contribution in [2.45, 2.75) is 12.8 Å². The molecule has 0 spiro atoms. The summed E-state index contributed by atoms with van der Waals surface area (Å²) in [6.07, 6.45) is 4.80. The molecule has 0 radical (unpaired) electrons. The van der Waals surface area contributed by atoms with Crippen molar-refractivity contribution >= 4 is 10.9 Å². The van der Waals surface area contributed by atoms with Gasteiger partial charge in [0.05, 0.1) is 6.61 Å². The maximum Gasteiger partial charge on any atom is 0.518 e. The number of ether oxygens (including phenoxy) is 1. The van der Waals surface area contributed by atoms with Crippen LogP contribution in [-0.2, 0) is 12.8 Å². The van der Waals surface area contributed by atoms with E-state index in [1.54, 1.807) is 0 Å². The van der Waals surface area contributed by atoms with Gasteiger partial charge in [0.1, 0.15) is 17.8 Å². The second-order valence-electron chi connectivity index (χ2n) is 5.70. The quantitative estimate of drug-likeness (QED) is 0.725. The van der Waals surface area contributed by atoms with E-state index in [4.69, 9.17) is 9.15 Å². The molecule has 0 unspecified atom stereocenters. The van der Waals surface area contributed by atoms with Crippen molar-refractivity contribution in [1.29, 1.82) is 0 Å². The number of benzene rings is 1. The molecule has 3 rings (SSSR count). The van der Waals surface area contributed by atoms with E-state index >= 15 is 0 Å². The molecule has 0 saturated carbocycles. The van der Waals surface area contributed by atoms with E-state index in [1.165, 1.54) is 11.8 Å². The SMILES string of the molecule is CN(C)CCc1c[nH]c2cccc(OCCc3coc(=O)o3)c12. The number of fused-ring (bicyclic) bond motifs is 1. The molecular weight excluding hydrogens is 296 g/mol. The fraction of sp³-hybridized carbons (Fsp3) is 0.353. The van der Waals surface area contributed by atoms with E-state index in [-0.39, 0.29) is 0 Å². The molecule has 0 aliphatic heterocycles. The van der Waals surface area contributed by atoms with Gasteiger partial charge in [-0.25, -0.2) is 4.79 Å². The van der Waals surface area contributed by atoms with Crippen LogP contribution in [0.15, 0.2) is 44.3 Å². The molecule has 1 N–H and O–H groups in total. The number of H-pyrrole nitrogens is 1. The number of hydrogen-bond donors (Lipinski definition) is 1. The second kappa shape index (κ2) is 6.75. The van der Waals surface area contributed by atoms with Gasteiger partial charge >= 0.3 is 5.82 Å². The monoisotopic (exact) mass is 316 g/mol. The van der Waals surface area contributed by atoms with Crippen molar-refractivity contribution in [2.24, 2.45) is 0 Å². The molecule has 122 valence electrons. The Kier molecular flexibility index (Phi) is 4.52. The van der Waals surface area contributed by atoms with Gasteiger partial charge in [-0.3, -0.25) is 0 Å². The molecule has 2 aromatic heterocycles. The highest BCUT2D eigenvalue weighted by Crippen LogP contribution is 2.29. The van der Waals surface area contributed by atoms with E-state index in [9.17, 15) is 4.79 Å². The van der Waals surface area contributed by atoms with Crippen molar-refractivity contribution in [3.63, 3.8) is 0 Å². The Bertz CT molecular complexity index is 828. The number of nitrogens with one attached hydrogen (secondary N) is 1. The van der Waals surface area contributed by atoms with E-state index in [0.717, 1.165) is 29.6 Å². The van der Waals surface area contributed by atoms with Gasteiger partial charge in [-0.05, 0) is 38.2 Å². The topological polar surface area (TPSA) is 71.6 Å². The lowest BCUT2D eigenvalue weighted by atomic mass is 10.1. The lowest BCUT2D eigenvalue weighted by Crippen LogP contribution is -2.14. The number of rotatable bonds is 7. The predicted octanol–water partition coefficient (Wildman–Crippen LogP) is 2.44. The summed E-state index contributed by atoms with van der Waals surface area (Å²) in [6.45, 7) is 1.39. The summed E-state index contributed by atoms with van der Waals surface area (Å²) in [5.74, 6) is 0.645. The van der Waals surface area contributed by atoms with Gasteiger partial charge in [-0.2, -0.15) is 0 Å². The summed E-state index contributed by atoms with van der Waals surface area (Å²) in [7, 11) is 4.12. The smallest absolute Gasteiger partial charge is 0.492 e. The Balaban J connectivity index is 1.74. The molecule has 1 aromatic carbocycles. The molecule has 2 heterocycles. The van der Waals surface area contributed by atoms with E-state index < -0.39 is 5.82 Å². The molecule has 0 aliphatic carbocycles. The van der Waals surface area contributed by atoms with Gasteiger partial charge in [0.25, 0.3) is 0 Å². The third kappa shape index (κ3) is 3.65. The minimum Gasteiger partial charge on any atom is -0.492 e. The number of nitrogens with zero attached hydrogens (tertiary/aromatic N) is 1. The average molecular weight is 316 g/mol. The molecule has 0 amide bonds. The van der Waals surface area contributed by atoms with Crippen LogP contribution >= 0.6 is 0 Å².